The third kappa shape index (κ3) is 6.23. The average Bonchev–Trinajstić information content (AvgIpc) is 2.61. The largest absolute Gasteiger partial charge is 0.494 e. The number of benzene rings is 1. The van der Waals surface area contributed by atoms with E-state index in [1.54, 1.807) is 12.3 Å². The molecule has 2 rings (SSSR count). The van der Waals surface area contributed by atoms with Crippen molar-refractivity contribution in [1.29, 1.82) is 0 Å². The Balaban J connectivity index is 1.73. The minimum absolute atomic E-state index is 0.0850. The van der Waals surface area contributed by atoms with Crippen molar-refractivity contribution in [2.24, 2.45) is 0 Å². The van der Waals surface area contributed by atoms with E-state index in [-0.39, 0.29) is 5.78 Å². The number of carbonyl (C=O) groups is 1. The molecule has 0 fully saturated rings. The number of rotatable bonds is 10. The van der Waals surface area contributed by atoms with E-state index in [4.69, 9.17) is 4.74 Å². The Kier molecular flexibility index (Phi) is 7.31. The van der Waals surface area contributed by atoms with Gasteiger partial charge in [0, 0.05) is 12.6 Å². The minimum Gasteiger partial charge on any atom is -0.494 e. The summed E-state index contributed by atoms with van der Waals surface area (Å²) < 4.78 is 5.73. The van der Waals surface area contributed by atoms with Crippen LogP contribution in [0.3, 0.4) is 0 Å². The summed E-state index contributed by atoms with van der Waals surface area (Å²) in [5.74, 6) is 0.989. The highest BCUT2D eigenvalue weighted by Gasteiger charge is 2.06. The maximum atomic E-state index is 12.0. The van der Waals surface area contributed by atoms with E-state index in [9.17, 15) is 4.79 Å². The van der Waals surface area contributed by atoms with Gasteiger partial charge in [0.1, 0.15) is 11.4 Å². The maximum absolute atomic E-state index is 12.0. The molecular formula is C20H25NO2. The van der Waals surface area contributed by atoms with E-state index in [1.807, 2.05) is 36.4 Å². The molecule has 0 aliphatic carbocycles. The molecule has 0 aliphatic heterocycles. The van der Waals surface area contributed by atoms with Gasteiger partial charge in [-0.15, -0.1) is 0 Å². The molecule has 3 heteroatoms. The van der Waals surface area contributed by atoms with Gasteiger partial charge >= 0.3 is 0 Å². The number of aromatic nitrogens is 1. The number of pyridine rings is 1. The Morgan fingerprint density at radius 1 is 1.04 bits per heavy atom. The standard InChI is InChI=1S/C20H25NO2/c1-2-3-4-7-16-23-18-12-9-17(10-13-18)11-14-20(22)19-8-5-6-15-21-19/h5-6,8-10,12-13,15H,2-4,7,11,14,16H2,1H3. The molecule has 0 saturated heterocycles. The van der Waals surface area contributed by atoms with Crippen LogP contribution < -0.4 is 4.74 Å². The summed E-state index contributed by atoms with van der Waals surface area (Å²) in [4.78, 5) is 16.1. The Bertz CT molecular complexity index is 578. The lowest BCUT2D eigenvalue weighted by Crippen LogP contribution is -2.03. The number of Topliss-reactive ketones (excluding diaryl/α,β-unsaturated/α-hetero) is 1. The molecule has 3 nitrogen and oxygen atoms in total. The Morgan fingerprint density at radius 3 is 2.57 bits per heavy atom. The van der Waals surface area contributed by atoms with Gasteiger partial charge in [-0.1, -0.05) is 44.4 Å². The number of carbonyl (C=O) groups excluding carboxylic acids is 1. The first kappa shape index (κ1) is 17.2. The van der Waals surface area contributed by atoms with E-state index in [0.717, 1.165) is 30.8 Å². The summed E-state index contributed by atoms with van der Waals surface area (Å²) in [6.45, 7) is 2.98. The van der Waals surface area contributed by atoms with E-state index in [0.29, 0.717) is 12.1 Å². The molecule has 2 aromatic rings. The number of nitrogens with zero attached hydrogens (tertiary/aromatic N) is 1. The first-order valence-corrected chi connectivity index (χ1v) is 8.45. The van der Waals surface area contributed by atoms with Crippen LogP contribution in [0.2, 0.25) is 0 Å². The normalized spacial score (nSPS) is 10.5. The van der Waals surface area contributed by atoms with Gasteiger partial charge in [0.25, 0.3) is 0 Å². The molecule has 0 atom stereocenters. The lowest BCUT2D eigenvalue weighted by atomic mass is 10.1. The zero-order valence-corrected chi connectivity index (χ0v) is 13.8. The third-order valence-corrected chi connectivity index (χ3v) is 3.78. The first-order valence-electron chi connectivity index (χ1n) is 8.45. The number of unbranched alkanes of at least 4 members (excludes halogenated alkanes) is 3. The molecule has 1 aromatic heterocycles. The number of aryl methyl sites for hydroxylation is 1. The predicted molar refractivity (Wildman–Crippen MR) is 93.0 cm³/mol. The fourth-order valence-corrected chi connectivity index (χ4v) is 2.38. The van der Waals surface area contributed by atoms with Crippen molar-refractivity contribution in [3.05, 3.63) is 59.9 Å². The van der Waals surface area contributed by atoms with Gasteiger partial charge in [-0.3, -0.25) is 9.78 Å². The van der Waals surface area contributed by atoms with Gasteiger partial charge in [0.15, 0.2) is 5.78 Å². The zero-order valence-electron chi connectivity index (χ0n) is 13.8. The first-order chi connectivity index (χ1) is 11.3. The Morgan fingerprint density at radius 2 is 1.87 bits per heavy atom. The summed E-state index contributed by atoms with van der Waals surface area (Å²) in [7, 11) is 0. The SMILES string of the molecule is CCCCCCOc1ccc(CCC(=O)c2ccccn2)cc1. The molecule has 1 heterocycles. The van der Waals surface area contributed by atoms with Crippen LogP contribution in [0, 0.1) is 0 Å². The van der Waals surface area contributed by atoms with E-state index >= 15 is 0 Å². The molecule has 122 valence electrons. The van der Waals surface area contributed by atoms with Gasteiger partial charge in [0.05, 0.1) is 6.61 Å². The summed E-state index contributed by atoms with van der Waals surface area (Å²) >= 11 is 0. The second-order valence-corrected chi connectivity index (χ2v) is 5.69. The summed E-state index contributed by atoms with van der Waals surface area (Å²) in [5, 5.41) is 0. The number of ketones is 1. The molecule has 23 heavy (non-hydrogen) atoms. The van der Waals surface area contributed by atoms with Crippen LogP contribution in [0.5, 0.6) is 5.75 Å². The number of ether oxygens (including phenoxy) is 1. The van der Waals surface area contributed by atoms with Crippen LogP contribution >= 0.6 is 0 Å². The predicted octanol–water partition coefficient (Wildman–Crippen LogP) is 4.86. The molecule has 0 N–H and O–H groups in total. The molecule has 0 unspecified atom stereocenters. The van der Waals surface area contributed by atoms with Crippen molar-refractivity contribution in [1.82, 2.24) is 4.98 Å². The quantitative estimate of drug-likeness (QED) is 0.465. The number of hydrogen-bond donors (Lipinski definition) is 0. The monoisotopic (exact) mass is 311 g/mol. The highest BCUT2D eigenvalue weighted by molar-refractivity contribution is 5.94. The molecular weight excluding hydrogens is 286 g/mol. The fraction of sp³-hybridized carbons (Fsp3) is 0.400. The van der Waals surface area contributed by atoms with Crippen molar-refractivity contribution >= 4 is 5.78 Å². The van der Waals surface area contributed by atoms with Crippen LogP contribution in [0.15, 0.2) is 48.7 Å². The fourth-order valence-electron chi connectivity index (χ4n) is 2.38. The molecule has 0 bridgehead atoms. The van der Waals surface area contributed by atoms with Gasteiger partial charge in [-0.25, -0.2) is 0 Å². The highest BCUT2D eigenvalue weighted by Crippen LogP contribution is 2.15. The maximum Gasteiger partial charge on any atom is 0.181 e. The van der Waals surface area contributed by atoms with Crippen molar-refractivity contribution in [2.45, 2.75) is 45.4 Å². The van der Waals surface area contributed by atoms with Gasteiger partial charge < -0.3 is 4.74 Å². The topological polar surface area (TPSA) is 39.2 Å². The average molecular weight is 311 g/mol. The van der Waals surface area contributed by atoms with Crippen LogP contribution in [-0.4, -0.2) is 17.4 Å². The minimum atomic E-state index is 0.0850. The molecule has 0 saturated carbocycles. The molecule has 0 amide bonds. The van der Waals surface area contributed by atoms with Gasteiger partial charge in [0.2, 0.25) is 0 Å². The molecule has 0 radical (unpaired) electrons. The smallest absolute Gasteiger partial charge is 0.181 e. The van der Waals surface area contributed by atoms with Gasteiger partial charge in [-0.2, -0.15) is 0 Å². The van der Waals surface area contributed by atoms with Crippen LogP contribution in [0.1, 0.15) is 55.1 Å². The zero-order chi connectivity index (χ0) is 16.3. The summed E-state index contributed by atoms with van der Waals surface area (Å²) in [5.41, 5.74) is 1.69. The lowest BCUT2D eigenvalue weighted by Gasteiger charge is -2.07. The second kappa shape index (κ2) is 9.78. The number of hydrogen-bond acceptors (Lipinski definition) is 3. The third-order valence-electron chi connectivity index (χ3n) is 3.78. The molecule has 1 aromatic carbocycles. The van der Waals surface area contributed by atoms with Crippen LogP contribution in [0.4, 0.5) is 0 Å². The van der Waals surface area contributed by atoms with Crippen molar-refractivity contribution in [3.8, 4) is 5.75 Å². The van der Waals surface area contributed by atoms with Crippen LogP contribution in [-0.2, 0) is 6.42 Å². The van der Waals surface area contributed by atoms with E-state index in [1.165, 1.54) is 19.3 Å². The van der Waals surface area contributed by atoms with E-state index < -0.39 is 0 Å². The lowest BCUT2D eigenvalue weighted by molar-refractivity contribution is 0.0978. The van der Waals surface area contributed by atoms with Crippen LogP contribution in [0.25, 0.3) is 0 Å². The van der Waals surface area contributed by atoms with Crippen molar-refractivity contribution in [3.63, 3.8) is 0 Å². The van der Waals surface area contributed by atoms with Gasteiger partial charge in [-0.05, 0) is 42.7 Å². The highest BCUT2D eigenvalue weighted by atomic mass is 16.5. The second-order valence-electron chi connectivity index (χ2n) is 5.69. The Labute approximate surface area is 138 Å². The summed E-state index contributed by atoms with van der Waals surface area (Å²) in [6.07, 6.45) is 7.71. The van der Waals surface area contributed by atoms with E-state index in [2.05, 4.69) is 11.9 Å². The summed E-state index contributed by atoms with van der Waals surface area (Å²) in [6, 6.07) is 13.5. The molecule has 0 spiro atoms. The van der Waals surface area contributed by atoms with Crippen molar-refractivity contribution < 1.29 is 9.53 Å². The molecule has 0 aliphatic rings. The van der Waals surface area contributed by atoms with Crippen molar-refractivity contribution in [2.75, 3.05) is 6.61 Å². The Hall–Kier alpha value is -2.16.